The molecule has 0 aliphatic rings. The van der Waals surface area contributed by atoms with E-state index >= 15 is 0 Å². The zero-order valence-electron chi connectivity index (χ0n) is 5.89. The van der Waals surface area contributed by atoms with Crippen molar-refractivity contribution in [3.63, 3.8) is 0 Å². The van der Waals surface area contributed by atoms with Gasteiger partial charge in [-0.2, -0.15) is 0 Å². The van der Waals surface area contributed by atoms with Gasteiger partial charge in [0.2, 0.25) is 0 Å². The summed E-state index contributed by atoms with van der Waals surface area (Å²) in [6.07, 6.45) is 2.49. The van der Waals surface area contributed by atoms with E-state index in [1.165, 1.54) is 0 Å². The molecule has 0 saturated carbocycles. The molecule has 0 radical (unpaired) electrons. The number of hydrogen-bond acceptors (Lipinski definition) is 1. The molecule has 0 aliphatic heterocycles. The summed E-state index contributed by atoms with van der Waals surface area (Å²) in [7, 11) is -0.777. The van der Waals surface area contributed by atoms with Gasteiger partial charge in [-0.25, -0.2) is 0 Å². The third-order valence-electron chi connectivity index (χ3n) is 0.878. The summed E-state index contributed by atoms with van der Waals surface area (Å²) in [5.74, 6) is 0. The molecule has 0 aromatic heterocycles. The van der Waals surface area contributed by atoms with Crippen LogP contribution >= 0.6 is 30.3 Å². The van der Waals surface area contributed by atoms with Gasteiger partial charge in [-0.3, -0.25) is 0 Å². The van der Waals surface area contributed by atoms with Gasteiger partial charge in [-0.05, 0) is 0 Å². The van der Waals surface area contributed by atoms with E-state index in [9.17, 15) is 0 Å². The van der Waals surface area contributed by atoms with Crippen LogP contribution < -0.4 is 0 Å². The van der Waals surface area contributed by atoms with E-state index in [2.05, 4.69) is 6.58 Å². The molecule has 0 spiro atoms. The molecule has 0 rings (SSSR count). The van der Waals surface area contributed by atoms with Crippen molar-refractivity contribution in [3.8, 4) is 0 Å². The minimum atomic E-state index is -0.777. The first-order valence-electron chi connectivity index (χ1n) is 3.03. The van der Waals surface area contributed by atoms with E-state index in [0.29, 0.717) is 6.61 Å². The quantitative estimate of drug-likeness (QED) is 0.376. The highest BCUT2D eigenvalue weighted by atomic mass is 35.7. The molecular weight excluding hydrogens is 190 g/mol. The SMILES string of the molecule is C=CC(Cl)COP(Cl)CC. The fourth-order valence-corrected chi connectivity index (χ4v) is 1.14. The van der Waals surface area contributed by atoms with Crippen LogP contribution in [0, 0.1) is 0 Å². The third kappa shape index (κ3) is 5.49. The summed E-state index contributed by atoms with van der Waals surface area (Å²) in [5.41, 5.74) is 0. The molecule has 0 heterocycles. The molecule has 0 N–H and O–H groups in total. The fraction of sp³-hybridized carbons (Fsp3) is 0.667. The highest BCUT2D eigenvalue weighted by molar-refractivity contribution is 7.80. The van der Waals surface area contributed by atoms with Crippen LogP contribution in [-0.4, -0.2) is 18.1 Å². The van der Waals surface area contributed by atoms with Crippen LogP contribution in [0.15, 0.2) is 12.7 Å². The second-order valence-electron chi connectivity index (χ2n) is 1.68. The number of alkyl halides is 1. The first kappa shape index (κ1) is 10.7. The molecule has 2 unspecified atom stereocenters. The summed E-state index contributed by atoms with van der Waals surface area (Å²) in [6, 6.07) is 0. The van der Waals surface area contributed by atoms with E-state index in [1.54, 1.807) is 6.08 Å². The average Bonchev–Trinajstić information content (AvgIpc) is 1.99. The first-order chi connectivity index (χ1) is 4.70. The largest absolute Gasteiger partial charge is 0.341 e. The Kier molecular flexibility index (Phi) is 6.88. The van der Waals surface area contributed by atoms with Crippen molar-refractivity contribution in [2.24, 2.45) is 0 Å². The molecule has 0 saturated heterocycles. The summed E-state index contributed by atoms with van der Waals surface area (Å²) >= 11 is 11.4. The standard InChI is InChI=1S/C6H11Cl2OP/c1-3-6(7)5-9-10(8)4-2/h3,6H,1,4-5H2,2H3. The van der Waals surface area contributed by atoms with Crippen LogP contribution in [0.25, 0.3) is 0 Å². The molecular formula is C6H11Cl2OP. The molecule has 0 aliphatic carbocycles. The van der Waals surface area contributed by atoms with Crippen molar-refractivity contribution in [1.82, 2.24) is 0 Å². The fourth-order valence-electron chi connectivity index (χ4n) is 0.311. The highest BCUT2D eigenvalue weighted by Gasteiger charge is 2.04. The Morgan fingerprint density at radius 3 is 2.80 bits per heavy atom. The van der Waals surface area contributed by atoms with Crippen LogP contribution in [0.1, 0.15) is 6.92 Å². The predicted octanol–water partition coefficient (Wildman–Crippen LogP) is 3.37. The first-order valence-corrected chi connectivity index (χ1v) is 5.82. The normalized spacial score (nSPS) is 16.3. The van der Waals surface area contributed by atoms with Gasteiger partial charge >= 0.3 is 0 Å². The maximum Gasteiger partial charge on any atom is 0.124 e. The van der Waals surface area contributed by atoms with Gasteiger partial charge in [-0.15, -0.1) is 18.2 Å². The molecule has 1 nitrogen and oxygen atoms in total. The maximum atomic E-state index is 5.72. The zero-order valence-corrected chi connectivity index (χ0v) is 8.29. The molecule has 2 atom stereocenters. The van der Waals surface area contributed by atoms with Crippen molar-refractivity contribution in [2.45, 2.75) is 12.3 Å². The molecule has 10 heavy (non-hydrogen) atoms. The lowest BCUT2D eigenvalue weighted by Gasteiger charge is -2.08. The van der Waals surface area contributed by atoms with Crippen molar-refractivity contribution in [3.05, 3.63) is 12.7 Å². The molecule has 0 fully saturated rings. The molecule has 0 aromatic rings. The van der Waals surface area contributed by atoms with Gasteiger partial charge in [0, 0.05) is 6.16 Å². The van der Waals surface area contributed by atoms with Crippen LogP contribution in [0.5, 0.6) is 0 Å². The van der Waals surface area contributed by atoms with E-state index in [-0.39, 0.29) is 5.38 Å². The number of halogens is 2. The summed E-state index contributed by atoms with van der Waals surface area (Å²) in [5, 5.41) is -0.115. The van der Waals surface area contributed by atoms with Gasteiger partial charge in [0.25, 0.3) is 0 Å². The Bertz CT molecular complexity index is 99.7. The van der Waals surface area contributed by atoms with Crippen LogP contribution in [0.4, 0.5) is 0 Å². The van der Waals surface area contributed by atoms with Crippen LogP contribution in [0.3, 0.4) is 0 Å². The van der Waals surface area contributed by atoms with Gasteiger partial charge in [0.05, 0.1) is 12.0 Å². The lowest BCUT2D eigenvalue weighted by molar-refractivity contribution is 0.371. The summed E-state index contributed by atoms with van der Waals surface area (Å²) < 4.78 is 5.17. The van der Waals surface area contributed by atoms with Gasteiger partial charge in [0.15, 0.2) is 0 Å². The number of rotatable bonds is 5. The molecule has 0 bridgehead atoms. The Hall–Kier alpha value is 0.710. The molecule has 60 valence electrons. The molecule has 4 heteroatoms. The predicted molar refractivity (Wildman–Crippen MR) is 49.1 cm³/mol. The lowest BCUT2D eigenvalue weighted by Crippen LogP contribution is -2.01. The lowest BCUT2D eigenvalue weighted by atomic mass is 10.4. The third-order valence-corrected chi connectivity index (χ3v) is 3.12. The second kappa shape index (κ2) is 6.42. The Morgan fingerprint density at radius 1 is 1.80 bits per heavy atom. The monoisotopic (exact) mass is 200 g/mol. The minimum absolute atomic E-state index is 0.115. The van der Waals surface area contributed by atoms with E-state index in [0.717, 1.165) is 6.16 Å². The van der Waals surface area contributed by atoms with E-state index < -0.39 is 7.50 Å². The van der Waals surface area contributed by atoms with Gasteiger partial charge in [-0.1, -0.05) is 24.2 Å². The van der Waals surface area contributed by atoms with Gasteiger partial charge in [0.1, 0.15) is 7.50 Å². The second-order valence-corrected chi connectivity index (χ2v) is 4.90. The van der Waals surface area contributed by atoms with E-state index in [1.807, 2.05) is 6.92 Å². The smallest absolute Gasteiger partial charge is 0.124 e. The van der Waals surface area contributed by atoms with Crippen molar-refractivity contribution in [2.75, 3.05) is 12.8 Å². The minimum Gasteiger partial charge on any atom is -0.341 e. The molecule has 0 amide bonds. The summed E-state index contributed by atoms with van der Waals surface area (Å²) in [4.78, 5) is 0. The van der Waals surface area contributed by atoms with Crippen molar-refractivity contribution in [1.29, 1.82) is 0 Å². The van der Waals surface area contributed by atoms with Crippen LogP contribution in [-0.2, 0) is 4.52 Å². The van der Waals surface area contributed by atoms with Crippen LogP contribution in [0.2, 0.25) is 0 Å². The Morgan fingerprint density at radius 2 is 2.40 bits per heavy atom. The zero-order chi connectivity index (χ0) is 7.98. The van der Waals surface area contributed by atoms with Crippen molar-refractivity contribution < 1.29 is 4.52 Å². The highest BCUT2D eigenvalue weighted by Crippen LogP contribution is 2.41. The Balaban J connectivity index is 3.25. The topological polar surface area (TPSA) is 9.23 Å². The summed E-state index contributed by atoms with van der Waals surface area (Å²) in [6.45, 7) is 5.96. The van der Waals surface area contributed by atoms with Crippen molar-refractivity contribution >= 4 is 30.3 Å². The Labute approximate surface area is 73.0 Å². The average molecular weight is 201 g/mol. The maximum absolute atomic E-state index is 5.72. The van der Waals surface area contributed by atoms with E-state index in [4.69, 9.17) is 27.4 Å². The number of hydrogen-bond donors (Lipinski definition) is 0. The van der Waals surface area contributed by atoms with Gasteiger partial charge < -0.3 is 4.52 Å². The molecule has 0 aromatic carbocycles.